The Hall–Kier alpha value is -1.42. The van der Waals surface area contributed by atoms with E-state index in [1.54, 1.807) is 0 Å². The maximum absolute atomic E-state index is 11.8. The molecule has 1 amide bonds. The van der Waals surface area contributed by atoms with Crippen LogP contribution < -0.4 is 5.32 Å². The molecule has 0 aliphatic heterocycles. The molecule has 1 N–H and O–H groups in total. The van der Waals surface area contributed by atoms with Crippen LogP contribution in [0.5, 0.6) is 0 Å². The van der Waals surface area contributed by atoms with Gasteiger partial charge in [-0.05, 0) is 44.0 Å². The number of hydrogen-bond donors (Lipinski definition) is 1. The second-order valence-electron chi connectivity index (χ2n) is 5.71. The summed E-state index contributed by atoms with van der Waals surface area (Å²) in [5, 5.41) is 3.13. The molecule has 2 rings (SSSR count). The summed E-state index contributed by atoms with van der Waals surface area (Å²) in [5.74, 6) is 0.202. The summed E-state index contributed by atoms with van der Waals surface area (Å²) >= 11 is 0. The molecule has 1 aliphatic carbocycles. The lowest BCUT2D eigenvalue weighted by atomic mass is 10.2. The molecular formula is C16H25N3O. The molecule has 1 aromatic heterocycles. The lowest BCUT2D eigenvalue weighted by Crippen LogP contribution is -2.35. The minimum Gasteiger partial charge on any atom is -0.353 e. The summed E-state index contributed by atoms with van der Waals surface area (Å²) in [6.07, 6.45) is 10.1. The summed E-state index contributed by atoms with van der Waals surface area (Å²) in [5.41, 5.74) is 1.29. The average molecular weight is 275 g/mol. The van der Waals surface area contributed by atoms with E-state index in [1.165, 1.54) is 18.4 Å². The van der Waals surface area contributed by atoms with Gasteiger partial charge in [0.25, 0.3) is 0 Å². The molecule has 110 valence electrons. The minimum absolute atomic E-state index is 0.202. The third-order valence-electron chi connectivity index (χ3n) is 3.97. The van der Waals surface area contributed by atoms with Gasteiger partial charge in [0, 0.05) is 37.9 Å². The first kappa shape index (κ1) is 15.0. The lowest BCUT2D eigenvalue weighted by Gasteiger charge is -2.17. The highest BCUT2D eigenvalue weighted by Gasteiger charge is 2.16. The molecule has 1 fully saturated rings. The number of carbonyl (C=O) groups is 1. The van der Waals surface area contributed by atoms with Crippen LogP contribution in [0.15, 0.2) is 24.5 Å². The number of amides is 1. The van der Waals surface area contributed by atoms with E-state index in [0.29, 0.717) is 12.5 Å². The van der Waals surface area contributed by atoms with E-state index in [0.717, 1.165) is 32.4 Å². The van der Waals surface area contributed by atoms with Crippen molar-refractivity contribution in [3.05, 3.63) is 30.1 Å². The van der Waals surface area contributed by atoms with Gasteiger partial charge < -0.3 is 10.2 Å². The normalized spacial score (nSPS) is 15.7. The van der Waals surface area contributed by atoms with Crippen LogP contribution in [-0.4, -0.2) is 42.0 Å². The van der Waals surface area contributed by atoms with Gasteiger partial charge in [0.15, 0.2) is 0 Å². The topological polar surface area (TPSA) is 45.2 Å². The molecule has 1 saturated carbocycles. The minimum atomic E-state index is 0.202. The zero-order chi connectivity index (χ0) is 14.2. The molecule has 1 aliphatic rings. The molecule has 20 heavy (non-hydrogen) atoms. The van der Waals surface area contributed by atoms with Crippen LogP contribution in [0, 0.1) is 0 Å². The van der Waals surface area contributed by atoms with Gasteiger partial charge in [0.1, 0.15) is 0 Å². The molecular weight excluding hydrogens is 250 g/mol. The first-order valence-electron chi connectivity index (χ1n) is 7.61. The number of pyridine rings is 1. The fourth-order valence-corrected chi connectivity index (χ4v) is 2.64. The highest BCUT2D eigenvalue weighted by Crippen LogP contribution is 2.17. The second-order valence-corrected chi connectivity index (χ2v) is 5.71. The summed E-state index contributed by atoms with van der Waals surface area (Å²) in [6.45, 7) is 1.80. The number of nitrogens with one attached hydrogen (secondary N) is 1. The maximum Gasteiger partial charge on any atom is 0.221 e. The van der Waals surface area contributed by atoms with Crippen molar-refractivity contribution in [3.8, 4) is 0 Å². The highest BCUT2D eigenvalue weighted by atomic mass is 16.1. The summed E-state index contributed by atoms with van der Waals surface area (Å²) < 4.78 is 0. The Balaban J connectivity index is 1.59. The summed E-state index contributed by atoms with van der Waals surface area (Å²) in [7, 11) is 2.07. The molecule has 1 heterocycles. The molecule has 0 aromatic carbocycles. The quantitative estimate of drug-likeness (QED) is 0.828. The zero-order valence-electron chi connectivity index (χ0n) is 12.3. The predicted octanol–water partition coefficient (Wildman–Crippen LogP) is 2.00. The molecule has 0 spiro atoms. The van der Waals surface area contributed by atoms with Crippen molar-refractivity contribution >= 4 is 5.91 Å². The molecule has 0 atom stereocenters. The van der Waals surface area contributed by atoms with Gasteiger partial charge in [-0.15, -0.1) is 0 Å². The van der Waals surface area contributed by atoms with E-state index in [2.05, 4.69) is 22.2 Å². The zero-order valence-corrected chi connectivity index (χ0v) is 12.3. The Bertz CT molecular complexity index is 401. The van der Waals surface area contributed by atoms with Gasteiger partial charge in [-0.25, -0.2) is 0 Å². The summed E-state index contributed by atoms with van der Waals surface area (Å²) in [6, 6.07) is 4.52. The van der Waals surface area contributed by atoms with Crippen LogP contribution in [0.4, 0.5) is 0 Å². The number of nitrogens with zero attached hydrogens (tertiary/aromatic N) is 2. The SMILES string of the molecule is CN(CCC(=O)NC1CCCC1)CCc1ccncc1. The molecule has 1 aromatic rings. The van der Waals surface area contributed by atoms with Crippen LogP contribution in [0.25, 0.3) is 0 Å². The second kappa shape index (κ2) is 8.00. The molecule has 0 bridgehead atoms. The van der Waals surface area contributed by atoms with Crippen LogP contribution in [0.1, 0.15) is 37.7 Å². The van der Waals surface area contributed by atoms with Gasteiger partial charge in [-0.1, -0.05) is 12.8 Å². The Labute approximate surface area is 121 Å². The fraction of sp³-hybridized carbons (Fsp3) is 0.625. The van der Waals surface area contributed by atoms with Crippen LogP contribution in [0.2, 0.25) is 0 Å². The third-order valence-corrected chi connectivity index (χ3v) is 3.97. The average Bonchev–Trinajstić information content (AvgIpc) is 2.97. The van der Waals surface area contributed by atoms with E-state index in [-0.39, 0.29) is 5.91 Å². The first-order chi connectivity index (χ1) is 9.74. The van der Waals surface area contributed by atoms with E-state index in [4.69, 9.17) is 0 Å². The smallest absolute Gasteiger partial charge is 0.221 e. The number of likely N-dealkylation sites (N-methyl/N-ethyl adjacent to an activating group) is 1. The Morgan fingerprint density at radius 2 is 2.00 bits per heavy atom. The van der Waals surface area contributed by atoms with Gasteiger partial charge in [-0.3, -0.25) is 9.78 Å². The first-order valence-corrected chi connectivity index (χ1v) is 7.61. The standard InChI is InChI=1S/C16H25N3O/c1-19(12-8-14-6-10-17-11-7-14)13-9-16(20)18-15-4-2-3-5-15/h6-7,10-11,15H,2-5,8-9,12-13H2,1H3,(H,18,20). The fourth-order valence-electron chi connectivity index (χ4n) is 2.64. The molecule has 0 saturated heterocycles. The van der Waals surface area contributed by atoms with Gasteiger partial charge in [0.05, 0.1) is 0 Å². The van der Waals surface area contributed by atoms with E-state index < -0.39 is 0 Å². The van der Waals surface area contributed by atoms with Crippen LogP contribution >= 0.6 is 0 Å². The van der Waals surface area contributed by atoms with Crippen molar-refractivity contribution in [2.45, 2.75) is 44.6 Å². The van der Waals surface area contributed by atoms with Gasteiger partial charge in [-0.2, -0.15) is 0 Å². The number of aromatic nitrogens is 1. The van der Waals surface area contributed by atoms with Gasteiger partial charge in [0.2, 0.25) is 5.91 Å². The van der Waals surface area contributed by atoms with Crippen molar-refractivity contribution in [2.75, 3.05) is 20.1 Å². The van der Waals surface area contributed by atoms with E-state index in [1.807, 2.05) is 24.5 Å². The summed E-state index contributed by atoms with van der Waals surface area (Å²) in [4.78, 5) is 18.1. The van der Waals surface area contributed by atoms with Crippen molar-refractivity contribution in [2.24, 2.45) is 0 Å². The predicted molar refractivity (Wildman–Crippen MR) is 80.5 cm³/mol. The molecule has 4 heteroatoms. The molecule has 4 nitrogen and oxygen atoms in total. The lowest BCUT2D eigenvalue weighted by molar-refractivity contribution is -0.122. The van der Waals surface area contributed by atoms with Crippen molar-refractivity contribution < 1.29 is 4.79 Å². The monoisotopic (exact) mass is 275 g/mol. The highest BCUT2D eigenvalue weighted by molar-refractivity contribution is 5.76. The Morgan fingerprint density at radius 1 is 1.30 bits per heavy atom. The third kappa shape index (κ3) is 5.29. The van der Waals surface area contributed by atoms with Crippen molar-refractivity contribution in [3.63, 3.8) is 0 Å². The number of carbonyl (C=O) groups excluding carboxylic acids is 1. The van der Waals surface area contributed by atoms with E-state index >= 15 is 0 Å². The van der Waals surface area contributed by atoms with Gasteiger partial charge >= 0.3 is 0 Å². The Morgan fingerprint density at radius 3 is 2.70 bits per heavy atom. The maximum atomic E-state index is 11.8. The van der Waals surface area contributed by atoms with Crippen molar-refractivity contribution in [1.29, 1.82) is 0 Å². The molecule has 0 unspecified atom stereocenters. The van der Waals surface area contributed by atoms with Crippen LogP contribution in [0.3, 0.4) is 0 Å². The van der Waals surface area contributed by atoms with Crippen LogP contribution in [-0.2, 0) is 11.2 Å². The number of rotatable bonds is 7. The number of hydrogen-bond acceptors (Lipinski definition) is 3. The van der Waals surface area contributed by atoms with E-state index in [9.17, 15) is 4.79 Å². The van der Waals surface area contributed by atoms with Crippen molar-refractivity contribution in [1.82, 2.24) is 15.2 Å². The Kier molecular flexibility index (Phi) is 5.99. The largest absolute Gasteiger partial charge is 0.353 e. The molecule has 0 radical (unpaired) electrons.